The average Bonchev–Trinajstić information content (AvgIpc) is 3.10. The molecule has 1 N–H and O–H groups in total. The maximum atomic E-state index is 12.1. The van der Waals surface area contributed by atoms with Crippen LogP contribution >= 0.6 is 0 Å². The molecule has 0 saturated heterocycles. The molecule has 0 aliphatic carbocycles. The Morgan fingerprint density at radius 1 is 1.15 bits per heavy atom. The summed E-state index contributed by atoms with van der Waals surface area (Å²) in [7, 11) is 1.84. The fraction of sp³-hybridized carbons (Fsp3) is 0.167. The lowest BCUT2D eigenvalue weighted by Crippen LogP contribution is -2.29. The number of carbonyl (C=O) groups is 1. The Hall–Kier alpha value is -3.59. The van der Waals surface area contributed by atoms with E-state index in [2.05, 4.69) is 15.5 Å². The summed E-state index contributed by atoms with van der Waals surface area (Å²) in [5.74, 6) is -0.120. The van der Waals surface area contributed by atoms with Crippen LogP contribution < -0.4 is 5.32 Å². The number of nitro groups is 1. The Bertz CT molecular complexity index is 924. The second kappa shape index (κ2) is 8.19. The summed E-state index contributed by atoms with van der Waals surface area (Å²) in [5.41, 5.74) is 1.59. The molecule has 138 valence electrons. The van der Waals surface area contributed by atoms with E-state index in [1.807, 2.05) is 42.3 Å². The van der Waals surface area contributed by atoms with Gasteiger partial charge < -0.3 is 4.42 Å². The van der Waals surface area contributed by atoms with E-state index in [0.29, 0.717) is 12.1 Å². The zero-order valence-corrected chi connectivity index (χ0v) is 14.5. The van der Waals surface area contributed by atoms with Crippen molar-refractivity contribution in [3.63, 3.8) is 0 Å². The first kappa shape index (κ1) is 18.2. The van der Waals surface area contributed by atoms with E-state index in [0.717, 1.165) is 5.56 Å². The van der Waals surface area contributed by atoms with Gasteiger partial charge in [-0.2, -0.15) is 0 Å². The molecule has 0 atom stereocenters. The Labute approximate surface area is 154 Å². The lowest BCUT2D eigenvalue weighted by molar-refractivity contribution is -0.384. The van der Waals surface area contributed by atoms with Crippen LogP contribution in [0.15, 0.2) is 59.0 Å². The number of anilines is 1. The molecule has 0 radical (unpaired) electrons. The first-order valence-electron chi connectivity index (χ1n) is 8.12. The SMILES string of the molecule is CN(CC(=O)Nc1nnc(-c2ccc([N+](=O)[O-])cc2)o1)Cc1ccccc1. The highest BCUT2D eigenvalue weighted by Crippen LogP contribution is 2.22. The van der Waals surface area contributed by atoms with Gasteiger partial charge in [-0.3, -0.25) is 25.1 Å². The second-order valence-corrected chi connectivity index (χ2v) is 5.92. The number of nitrogens with zero attached hydrogens (tertiary/aromatic N) is 4. The van der Waals surface area contributed by atoms with Crippen molar-refractivity contribution in [1.82, 2.24) is 15.1 Å². The normalized spacial score (nSPS) is 10.7. The summed E-state index contributed by atoms with van der Waals surface area (Å²) < 4.78 is 5.40. The van der Waals surface area contributed by atoms with Crippen molar-refractivity contribution < 1.29 is 14.1 Å². The van der Waals surface area contributed by atoms with Crippen LogP contribution in [0.2, 0.25) is 0 Å². The number of aromatic nitrogens is 2. The maximum absolute atomic E-state index is 12.1. The van der Waals surface area contributed by atoms with Gasteiger partial charge in [-0.15, -0.1) is 5.10 Å². The van der Waals surface area contributed by atoms with Crippen LogP contribution in [-0.2, 0) is 11.3 Å². The van der Waals surface area contributed by atoms with E-state index in [9.17, 15) is 14.9 Å². The van der Waals surface area contributed by atoms with Crippen LogP contribution in [0.1, 0.15) is 5.56 Å². The molecule has 0 unspecified atom stereocenters. The van der Waals surface area contributed by atoms with Gasteiger partial charge in [-0.25, -0.2) is 0 Å². The van der Waals surface area contributed by atoms with Gasteiger partial charge in [0.05, 0.1) is 11.5 Å². The Kier molecular flexibility index (Phi) is 5.53. The van der Waals surface area contributed by atoms with Gasteiger partial charge in [-0.1, -0.05) is 35.4 Å². The molecule has 0 aliphatic heterocycles. The second-order valence-electron chi connectivity index (χ2n) is 5.92. The van der Waals surface area contributed by atoms with Gasteiger partial charge in [0.15, 0.2) is 0 Å². The smallest absolute Gasteiger partial charge is 0.322 e. The van der Waals surface area contributed by atoms with Crippen LogP contribution in [0, 0.1) is 10.1 Å². The summed E-state index contributed by atoms with van der Waals surface area (Å²) in [6.07, 6.45) is 0. The van der Waals surface area contributed by atoms with Crippen molar-refractivity contribution in [1.29, 1.82) is 0 Å². The number of rotatable bonds is 7. The number of non-ortho nitro benzene ring substituents is 1. The summed E-state index contributed by atoms with van der Waals surface area (Å²) in [6, 6.07) is 15.5. The van der Waals surface area contributed by atoms with Crippen molar-refractivity contribution in [3.05, 3.63) is 70.3 Å². The molecule has 3 rings (SSSR count). The Balaban J connectivity index is 1.56. The maximum Gasteiger partial charge on any atom is 0.322 e. The Morgan fingerprint density at radius 3 is 2.52 bits per heavy atom. The fourth-order valence-corrected chi connectivity index (χ4v) is 2.47. The van der Waals surface area contributed by atoms with Gasteiger partial charge >= 0.3 is 6.01 Å². The topological polar surface area (TPSA) is 114 Å². The van der Waals surface area contributed by atoms with Crippen molar-refractivity contribution in [2.45, 2.75) is 6.54 Å². The first-order valence-corrected chi connectivity index (χ1v) is 8.12. The number of hydrogen-bond acceptors (Lipinski definition) is 7. The number of carbonyl (C=O) groups excluding carboxylic acids is 1. The minimum atomic E-state index is -0.491. The lowest BCUT2D eigenvalue weighted by Gasteiger charge is -2.15. The molecule has 1 heterocycles. The van der Waals surface area contributed by atoms with E-state index in [4.69, 9.17) is 4.42 Å². The third-order valence-electron chi connectivity index (χ3n) is 3.71. The lowest BCUT2D eigenvalue weighted by atomic mass is 10.2. The zero-order valence-electron chi connectivity index (χ0n) is 14.5. The third-order valence-corrected chi connectivity index (χ3v) is 3.71. The molecule has 0 aliphatic rings. The summed E-state index contributed by atoms with van der Waals surface area (Å²) in [5, 5.41) is 20.9. The molecule has 1 amide bonds. The van der Waals surface area contributed by atoms with Crippen LogP contribution in [0.25, 0.3) is 11.5 Å². The molecule has 1 aromatic heterocycles. The van der Waals surface area contributed by atoms with E-state index < -0.39 is 4.92 Å². The monoisotopic (exact) mass is 367 g/mol. The summed E-state index contributed by atoms with van der Waals surface area (Å²) >= 11 is 0. The highest BCUT2D eigenvalue weighted by atomic mass is 16.6. The molecule has 0 saturated carbocycles. The van der Waals surface area contributed by atoms with Gasteiger partial charge in [-0.05, 0) is 24.7 Å². The van der Waals surface area contributed by atoms with E-state index >= 15 is 0 Å². The van der Waals surface area contributed by atoms with Gasteiger partial charge in [0.1, 0.15) is 0 Å². The molecule has 2 aromatic carbocycles. The number of amides is 1. The van der Waals surface area contributed by atoms with E-state index in [-0.39, 0.29) is 30.0 Å². The number of benzene rings is 2. The van der Waals surface area contributed by atoms with Crippen molar-refractivity contribution in [3.8, 4) is 11.5 Å². The van der Waals surface area contributed by atoms with Crippen LogP contribution in [-0.4, -0.2) is 39.5 Å². The third kappa shape index (κ3) is 4.95. The molecule has 0 fully saturated rings. The van der Waals surface area contributed by atoms with Crippen molar-refractivity contribution >= 4 is 17.6 Å². The minimum Gasteiger partial charge on any atom is -0.403 e. The number of hydrogen-bond donors (Lipinski definition) is 1. The molecule has 9 heteroatoms. The van der Waals surface area contributed by atoms with Gasteiger partial charge in [0.2, 0.25) is 11.8 Å². The summed E-state index contributed by atoms with van der Waals surface area (Å²) in [4.78, 5) is 24.2. The fourth-order valence-electron chi connectivity index (χ4n) is 2.47. The number of nitrogens with one attached hydrogen (secondary N) is 1. The molecule has 3 aromatic rings. The minimum absolute atomic E-state index is 0.0264. The average molecular weight is 367 g/mol. The molecular formula is C18H17N5O4. The standard InChI is InChI=1S/C18H17N5O4/c1-22(11-13-5-3-2-4-6-13)12-16(24)19-18-21-20-17(27-18)14-7-9-15(10-8-14)23(25)26/h2-10H,11-12H2,1H3,(H,19,21,24). The van der Waals surface area contributed by atoms with Crippen LogP contribution in [0.5, 0.6) is 0 Å². The number of nitro benzene ring substituents is 1. The first-order chi connectivity index (χ1) is 13.0. The molecular weight excluding hydrogens is 350 g/mol. The molecule has 27 heavy (non-hydrogen) atoms. The largest absolute Gasteiger partial charge is 0.403 e. The van der Waals surface area contributed by atoms with Crippen LogP contribution in [0.4, 0.5) is 11.7 Å². The van der Waals surface area contributed by atoms with E-state index in [1.165, 1.54) is 24.3 Å². The highest BCUT2D eigenvalue weighted by Gasteiger charge is 2.14. The predicted octanol–water partition coefficient (Wildman–Crippen LogP) is 2.72. The predicted molar refractivity (Wildman–Crippen MR) is 97.8 cm³/mol. The zero-order chi connectivity index (χ0) is 19.2. The molecule has 0 bridgehead atoms. The van der Waals surface area contributed by atoms with Gasteiger partial charge in [0, 0.05) is 24.2 Å². The molecule has 9 nitrogen and oxygen atoms in total. The highest BCUT2D eigenvalue weighted by molar-refractivity contribution is 5.90. The Morgan fingerprint density at radius 2 is 1.85 bits per heavy atom. The van der Waals surface area contributed by atoms with E-state index in [1.54, 1.807) is 0 Å². The van der Waals surface area contributed by atoms with Crippen LogP contribution in [0.3, 0.4) is 0 Å². The van der Waals surface area contributed by atoms with Crippen molar-refractivity contribution in [2.75, 3.05) is 18.9 Å². The quantitative estimate of drug-likeness (QED) is 0.504. The van der Waals surface area contributed by atoms with Crippen molar-refractivity contribution in [2.24, 2.45) is 0 Å². The molecule has 0 spiro atoms. The van der Waals surface area contributed by atoms with Gasteiger partial charge in [0.25, 0.3) is 5.69 Å². The summed E-state index contributed by atoms with van der Waals surface area (Å²) in [6.45, 7) is 0.788. The number of likely N-dealkylation sites (N-methyl/N-ethyl adjacent to an activating group) is 1.